The predicted octanol–water partition coefficient (Wildman–Crippen LogP) is 1.84. The van der Waals surface area contributed by atoms with E-state index < -0.39 is 10.0 Å². The lowest BCUT2D eigenvalue weighted by Gasteiger charge is -2.18. The first kappa shape index (κ1) is 16.8. The summed E-state index contributed by atoms with van der Waals surface area (Å²) in [7, 11) is -3.36. The fraction of sp³-hybridized carbons (Fsp3) is 0.533. The number of nitrogens with one attached hydrogen (secondary N) is 1. The van der Waals surface area contributed by atoms with Crippen molar-refractivity contribution in [3.63, 3.8) is 0 Å². The Balaban J connectivity index is 1.94. The van der Waals surface area contributed by atoms with Crippen LogP contribution in [0.15, 0.2) is 24.3 Å². The molecule has 1 aliphatic carbocycles. The smallest absolute Gasteiger partial charge is 0.239 e. The van der Waals surface area contributed by atoms with Gasteiger partial charge in [-0.2, -0.15) is 4.31 Å². The van der Waals surface area contributed by atoms with Gasteiger partial charge in [-0.3, -0.25) is 4.79 Å². The van der Waals surface area contributed by atoms with Crippen molar-refractivity contribution in [3.8, 4) is 5.75 Å². The number of sulfonamides is 1. The summed E-state index contributed by atoms with van der Waals surface area (Å²) in [4.78, 5) is 12.0. The third kappa shape index (κ3) is 4.99. The Kier molecular flexibility index (Phi) is 5.08. The van der Waals surface area contributed by atoms with Crippen molar-refractivity contribution in [2.45, 2.75) is 38.8 Å². The van der Waals surface area contributed by atoms with Crippen LogP contribution in [0.5, 0.6) is 5.75 Å². The van der Waals surface area contributed by atoms with E-state index in [-0.39, 0.29) is 24.6 Å². The molecule has 2 rings (SSSR count). The van der Waals surface area contributed by atoms with Gasteiger partial charge in [0.25, 0.3) is 0 Å². The molecule has 1 aromatic carbocycles. The highest BCUT2D eigenvalue weighted by molar-refractivity contribution is 7.88. The van der Waals surface area contributed by atoms with E-state index in [1.165, 1.54) is 4.31 Å². The van der Waals surface area contributed by atoms with Crippen molar-refractivity contribution in [2.24, 2.45) is 0 Å². The number of amides is 1. The van der Waals surface area contributed by atoms with Gasteiger partial charge in [0.1, 0.15) is 5.75 Å². The van der Waals surface area contributed by atoms with E-state index in [0.29, 0.717) is 5.69 Å². The van der Waals surface area contributed by atoms with Crippen LogP contribution in [0.25, 0.3) is 0 Å². The Morgan fingerprint density at radius 1 is 1.32 bits per heavy atom. The van der Waals surface area contributed by atoms with Gasteiger partial charge in [-0.05, 0) is 51.0 Å². The lowest BCUT2D eigenvalue weighted by molar-refractivity contribution is -0.116. The third-order valence-electron chi connectivity index (χ3n) is 3.19. The van der Waals surface area contributed by atoms with E-state index in [1.54, 1.807) is 24.3 Å². The normalized spacial score (nSPS) is 15.1. The Bertz CT molecular complexity index is 621. The minimum absolute atomic E-state index is 0.0254. The molecular formula is C15H22N2O4S. The molecular weight excluding hydrogens is 304 g/mol. The Hall–Kier alpha value is -1.60. The van der Waals surface area contributed by atoms with Crippen molar-refractivity contribution < 1.29 is 17.9 Å². The Morgan fingerprint density at radius 3 is 2.36 bits per heavy atom. The van der Waals surface area contributed by atoms with E-state index in [4.69, 9.17) is 4.74 Å². The molecule has 0 aliphatic heterocycles. The summed E-state index contributed by atoms with van der Waals surface area (Å²) < 4.78 is 30.1. The van der Waals surface area contributed by atoms with Gasteiger partial charge in [-0.1, -0.05) is 0 Å². The highest BCUT2D eigenvalue weighted by Gasteiger charge is 2.36. The molecule has 0 heterocycles. The van der Waals surface area contributed by atoms with Crippen molar-refractivity contribution in [1.29, 1.82) is 0 Å². The number of rotatable bonds is 7. The first-order valence-electron chi connectivity index (χ1n) is 7.29. The van der Waals surface area contributed by atoms with Gasteiger partial charge in [0, 0.05) is 11.7 Å². The predicted molar refractivity (Wildman–Crippen MR) is 85.4 cm³/mol. The van der Waals surface area contributed by atoms with Crippen LogP contribution in [-0.2, 0) is 14.8 Å². The number of nitrogens with zero attached hydrogens (tertiary/aromatic N) is 1. The Labute approximate surface area is 131 Å². The molecule has 1 N–H and O–H groups in total. The minimum atomic E-state index is -3.36. The summed E-state index contributed by atoms with van der Waals surface area (Å²) in [6.07, 6.45) is 2.86. The quantitative estimate of drug-likeness (QED) is 0.829. The number of hydrogen-bond acceptors (Lipinski definition) is 4. The molecule has 1 aliphatic rings. The first-order chi connectivity index (χ1) is 10.3. The van der Waals surface area contributed by atoms with Gasteiger partial charge >= 0.3 is 0 Å². The summed E-state index contributed by atoms with van der Waals surface area (Å²) in [5.74, 6) is 0.388. The first-order valence-corrected chi connectivity index (χ1v) is 9.14. The monoisotopic (exact) mass is 326 g/mol. The van der Waals surface area contributed by atoms with Gasteiger partial charge in [-0.15, -0.1) is 0 Å². The van der Waals surface area contributed by atoms with Crippen LogP contribution in [0.3, 0.4) is 0 Å². The average molecular weight is 326 g/mol. The maximum Gasteiger partial charge on any atom is 0.239 e. The molecule has 0 bridgehead atoms. The van der Waals surface area contributed by atoms with Crippen molar-refractivity contribution in [1.82, 2.24) is 4.31 Å². The van der Waals surface area contributed by atoms with E-state index in [0.717, 1.165) is 24.8 Å². The van der Waals surface area contributed by atoms with Crippen LogP contribution in [0.4, 0.5) is 5.69 Å². The largest absolute Gasteiger partial charge is 0.491 e. The molecule has 1 amide bonds. The maximum absolute atomic E-state index is 12.0. The summed E-state index contributed by atoms with van der Waals surface area (Å²) >= 11 is 0. The highest BCUT2D eigenvalue weighted by Crippen LogP contribution is 2.28. The number of carbonyl (C=O) groups is 1. The third-order valence-corrected chi connectivity index (χ3v) is 4.47. The fourth-order valence-corrected chi connectivity index (χ4v) is 3.21. The summed E-state index contributed by atoms with van der Waals surface area (Å²) in [5, 5.41) is 2.71. The van der Waals surface area contributed by atoms with Crippen LogP contribution in [0.1, 0.15) is 26.7 Å². The standard InChI is InChI=1S/C15H22N2O4S/c1-11(2)21-14-8-4-12(5-9-14)16-15(18)10-17(13-6-7-13)22(3,19)20/h4-5,8-9,11,13H,6-7,10H2,1-3H3,(H,16,18). The summed E-state index contributed by atoms with van der Waals surface area (Å²) in [6.45, 7) is 3.73. The zero-order valence-corrected chi connectivity index (χ0v) is 13.9. The van der Waals surface area contributed by atoms with E-state index >= 15 is 0 Å². The molecule has 1 aromatic rings. The van der Waals surface area contributed by atoms with Crippen LogP contribution in [0.2, 0.25) is 0 Å². The number of anilines is 1. The molecule has 1 saturated carbocycles. The number of benzene rings is 1. The van der Waals surface area contributed by atoms with Crippen molar-refractivity contribution in [3.05, 3.63) is 24.3 Å². The maximum atomic E-state index is 12.0. The van der Waals surface area contributed by atoms with E-state index in [1.807, 2.05) is 13.8 Å². The molecule has 0 aromatic heterocycles. The second-order valence-corrected chi connectivity index (χ2v) is 7.71. The molecule has 122 valence electrons. The van der Waals surface area contributed by atoms with Gasteiger partial charge in [0.2, 0.25) is 15.9 Å². The van der Waals surface area contributed by atoms with Crippen molar-refractivity contribution >= 4 is 21.6 Å². The molecule has 6 nitrogen and oxygen atoms in total. The summed E-state index contributed by atoms with van der Waals surface area (Å²) in [6, 6.07) is 6.98. The Morgan fingerprint density at radius 2 is 1.91 bits per heavy atom. The zero-order chi connectivity index (χ0) is 16.3. The van der Waals surface area contributed by atoms with Gasteiger partial charge in [0.15, 0.2) is 0 Å². The zero-order valence-electron chi connectivity index (χ0n) is 13.1. The fourth-order valence-electron chi connectivity index (χ4n) is 2.11. The highest BCUT2D eigenvalue weighted by atomic mass is 32.2. The SMILES string of the molecule is CC(C)Oc1ccc(NC(=O)CN(C2CC2)S(C)(=O)=O)cc1. The molecule has 0 spiro atoms. The molecule has 0 atom stereocenters. The number of ether oxygens (including phenoxy) is 1. The average Bonchev–Trinajstić information content (AvgIpc) is 3.20. The minimum Gasteiger partial charge on any atom is -0.491 e. The molecule has 0 radical (unpaired) electrons. The number of hydrogen-bond donors (Lipinski definition) is 1. The van der Waals surface area contributed by atoms with Crippen LogP contribution < -0.4 is 10.1 Å². The lowest BCUT2D eigenvalue weighted by atomic mass is 10.3. The van der Waals surface area contributed by atoms with Crippen molar-refractivity contribution in [2.75, 3.05) is 18.1 Å². The van der Waals surface area contributed by atoms with E-state index in [2.05, 4.69) is 5.32 Å². The second kappa shape index (κ2) is 6.66. The lowest BCUT2D eigenvalue weighted by Crippen LogP contribution is -2.38. The van der Waals surface area contributed by atoms with Crippen LogP contribution >= 0.6 is 0 Å². The van der Waals surface area contributed by atoms with Crippen LogP contribution in [0, 0.1) is 0 Å². The molecule has 7 heteroatoms. The molecule has 0 saturated heterocycles. The topological polar surface area (TPSA) is 75.7 Å². The molecule has 1 fully saturated rings. The van der Waals surface area contributed by atoms with Gasteiger partial charge < -0.3 is 10.1 Å². The molecule has 0 unspecified atom stereocenters. The van der Waals surface area contributed by atoms with Gasteiger partial charge in [0.05, 0.1) is 18.9 Å². The van der Waals surface area contributed by atoms with E-state index in [9.17, 15) is 13.2 Å². The summed E-state index contributed by atoms with van der Waals surface area (Å²) in [5.41, 5.74) is 0.616. The van der Waals surface area contributed by atoms with Crippen LogP contribution in [-0.4, -0.2) is 43.6 Å². The number of carbonyl (C=O) groups excluding carboxylic acids is 1. The van der Waals surface area contributed by atoms with Gasteiger partial charge in [-0.25, -0.2) is 8.42 Å². The second-order valence-electron chi connectivity index (χ2n) is 5.78. The molecule has 22 heavy (non-hydrogen) atoms.